The molecule has 31 heavy (non-hydrogen) atoms. The highest BCUT2D eigenvalue weighted by Gasteiger charge is 2.60. The van der Waals surface area contributed by atoms with Gasteiger partial charge in [0, 0.05) is 25.2 Å². The number of fused-ring (bicyclic) bond motifs is 5. The van der Waals surface area contributed by atoms with Gasteiger partial charge in [0.25, 0.3) is 0 Å². The van der Waals surface area contributed by atoms with Crippen molar-refractivity contribution in [2.45, 2.75) is 57.9 Å². The van der Waals surface area contributed by atoms with Crippen molar-refractivity contribution in [2.75, 3.05) is 25.0 Å². The molecular formula is C25H33N3O3. The van der Waals surface area contributed by atoms with Gasteiger partial charge in [0.15, 0.2) is 0 Å². The molecule has 1 N–H and O–H groups in total. The quantitative estimate of drug-likeness (QED) is 0.712. The molecule has 5 rings (SSSR count). The standard InChI is InChI=1S/C25H33N3O3/c29-21(10-13-28-24(30)22-18-8-9-19(15-18)23(22)25(28)31)26-20-7-5-6-17(14-20)16-27-11-3-1-2-4-12-27/h5-7,14,18-19,22-23H,1-4,8-13,15-16H2,(H,26,29)/t18-,19-,22-,23-/m0/s1. The maximum atomic E-state index is 12.8. The average Bonchev–Trinajstić information content (AvgIpc) is 3.36. The molecule has 2 aliphatic carbocycles. The molecule has 4 aliphatic rings. The van der Waals surface area contributed by atoms with E-state index in [4.69, 9.17) is 0 Å². The average molecular weight is 424 g/mol. The SMILES string of the molecule is O=C(CCN1C(=O)[C@H]2[C@H]3CC[C@@H](C3)[C@@H]2C1=O)Nc1cccc(CN2CCCCCC2)c1. The third-order valence-corrected chi connectivity index (χ3v) is 7.90. The van der Waals surface area contributed by atoms with Crippen molar-refractivity contribution in [3.05, 3.63) is 29.8 Å². The van der Waals surface area contributed by atoms with Crippen LogP contribution in [0.2, 0.25) is 0 Å². The van der Waals surface area contributed by atoms with Gasteiger partial charge in [-0.25, -0.2) is 0 Å². The van der Waals surface area contributed by atoms with Crippen LogP contribution in [0.4, 0.5) is 5.69 Å². The number of amides is 3. The summed E-state index contributed by atoms with van der Waals surface area (Å²) in [7, 11) is 0. The van der Waals surface area contributed by atoms with Crippen molar-refractivity contribution < 1.29 is 14.4 Å². The van der Waals surface area contributed by atoms with Gasteiger partial charge < -0.3 is 5.32 Å². The molecule has 0 spiro atoms. The first kappa shape index (κ1) is 20.7. The summed E-state index contributed by atoms with van der Waals surface area (Å²) >= 11 is 0. The number of likely N-dealkylation sites (tertiary alicyclic amines) is 2. The first-order chi connectivity index (χ1) is 15.1. The Bertz CT molecular complexity index is 833. The summed E-state index contributed by atoms with van der Waals surface area (Å²) in [5.41, 5.74) is 1.99. The lowest BCUT2D eigenvalue weighted by atomic mass is 9.81. The second kappa shape index (κ2) is 8.73. The van der Waals surface area contributed by atoms with Crippen molar-refractivity contribution in [2.24, 2.45) is 23.7 Å². The second-order valence-electron chi connectivity index (χ2n) is 9.90. The fourth-order valence-electron chi connectivity index (χ4n) is 6.43. The van der Waals surface area contributed by atoms with E-state index in [1.54, 1.807) is 0 Å². The zero-order chi connectivity index (χ0) is 21.4. The number of hydrogen-bond acceptors (Lipinski definition) is 4. The van der Waals surface area contributed by atoms with Crippen LogP contribution in [0.25, 0.3) is 0 Å². The molecule has 2 heterocycles. The minimum absolute atomic E-state index is 0.0329. The molecule has 166 valence electrons. The molecule has 4 atom stereocenters. The third-order valence-electron chi connectivity index (χ3n) is 7.90. The number of imide groups is 1. The van der Waals surface area contributed by atoms with Crippen LogP contribution >= 0.6 is 0 Å². The maximum Gasteiger partial charge on any atom is 0.233 e. The molecule has 1 aromatic carbocycles. The van der Waals surface area contributed by atoms with Crippen LogP contribution in [-0.4, -0.2) is 47.2 Å². The van der Waals surface area contributed by atoms with Crippen LogP contribution in [0.1, 0.15) is 56.9 Å². The molecule has 0 unspecified atom stereocenters. The van der Waals surface area contributed by atoms with E-state index in [1.165, 1.54) is 36.1 Å². The Balaban J connectivity index is 1.14. The normalized spacial score (nSPS) is 30.5. The smallest absolute Gasteiger partial charge is 0.233 e. The van der Waals surface area contributed by atoms with Gasteiger partial charge in [0.1, 0.15) is 0 Å². The Morgan fingerprint density at radius 3 is 2.32 bits per heavy atom. The van der Waals surface area contributed by atoms with Crippen LogP contribution in [0.15, 0.2) is 24.3 Å². The molecule has 0 aromatic heterocycles. The largest absolute Gasteiger partial charge is 0.326 e. The van der Waals surface area contributed by atoms with Crippen LogP contribution in [0.5, 0.6) is 0 Å². The van der Waals surface area contributed by atoms with Crippen molar-refractivity contribution >= 4 is 23.4 Å². The summed E-state index contributed by atoms with van der Waals surface area (Å²) in [5, 5.41) is 2.96. The first-order valence-corrected chi connectivity index (χ1v) is 12.1. The Morgan fingerprint density at radius 1 is 0.968 bits per heavy atom. The van der Waals surface area contributed by atoms with E-state index < -0.39 is 0 Å². The van der Waals surface area contributed by atoms with E-state index >= 15 is 0 Å². The minimum atomic E-state index is -0.146. The van der Waals surface area contributed by atoms with Crippen molar-refractivity contribution in [3.8, 4) is 0 Å². The van der Waals surface area contributed by atoms with E-state index in [9.17, 15) is 14.4 Å². The molecule has 2 aliphatic heterocycles. The lowest BCUT2D eigenvalue weighted by molar-refractivity contribution is -0.140. The van der Waals surface area contributed by atoms with Crippen LogP contribution in [-0.2, 0) is 20.9 Å². The Morgan fingerprint density at radius 2 is 1.65 bits per heavy atom. The lowest BCUT2D eigenvalue weighted by Gasteiger charge is -2.20. The Hall–Kier alpha value is -2.21. The number of benzene rings is 1. The van der Waals surface area contributed by atoms with Gasteiger partial charge in [-0.05, 0) is 74.7 Å². The van der Waals surface area contributed by atoms with E-state index in [-0.39, 0.29) is 42.5 Å². The van der Waals surface area contributed by atoms with Crippen molar-refractivity contribution in [1.82, 2.24) is 9.80 Å². The van der Waals surface area contributed by atoms with Gasteiger partial charge >= 0.3 is 0 Å². The summed E-state index contributed by atoms with van der Waals surface area (Å²) in [6.45, 7) is 3.38. The molecule has 0 radical (unpaired) electrons. The molecule has 2 saturated heterocycles. The fourth-order valence-corrected chi connectivity index (χ4v) is 6.43. The molecule has 3 amide bonds. The topological polar surface area (TPSA) is 69.7 Å². The van der Waals surface area contributed by atoms with Crippen molar-refractivity contribution in [1.29, 1.82) is 0 Å². The van der Waals surface area contributed by atoms with Gasteiger partial charge in [-0.15, -0.1) is 0 Å². The monoisotopic (exact) mass is 423 g/mol. The van der Waals surface area contributed by atoms with E-state index in [0.717, 1.165) is 44.6 Å². The highest BCUT2D eigenvalue weighted by atomic mass is 16.2. The highest BCUT2D eigenvalue weighted by Crippen LogP contribution is 2.56. The van der Waals surface area contributed by atoms with Crippen LogP contribution < -0.4 is 5.32 Å². The third kappa shape index (κ3) is 4.14. The van der Waals surface area contributed by atoms with E-state index in [1.807, 2.05) is 18.2 Å². The fraction of sp³-hybridized carbons (Fsp3) is 0.640. The Labute approximate surface area is 184 Å². The number of carbonyl (C=O) groups excluding carboxylic acids is 3. The number of anilines is 1. The number of nitrogens with zero attached hydrogens (tertiary/aromatic N) is 2. The summed E-state index contributed by atoms with van der Waals surface area (Å²) in [6, 6.07) is 8.03. The molecule has 2 bridgehead atoms. The number of carbonyl (C=O) groups is 3. The van der Waals surface area contributed by atoms with Gasteiger partial charge in [-0.3, -0.25) is 24.2 Å². The zero-order valence-electron chi connectivity index (χ0n) is 18.2. The predicted molar refractivity (Wildman–Crippen MR) is 118 cm³/mol. The van der Waals surface area contributed by atoms with E-state index in [0.29, 0.717) is 11.8 Å². The molecule has 6 heteroatoms. The summed E-state index contributed by atoms with van der Waals surface area (Å²) in [4.78, 5) is 42.0. The van der Waals surface area contributed by atoms with Gasteiger partial charge in [0.2, 0.25) is 17.7 Å². The lowest BCUT2D eigenvalue weighted by Crippen LogP contribution is -2.35. The summed E-state index contributed by atoms with van der Waals surface area (Å²) in [5.74, 6) is 0.348. The molecule has 6 nitrogen and oxygen atoms in total. The zero-order valence-corrected chi connectivity index (χ0v) is 18.2. The second-order valence-corrected chi connectivity index (χ2v) is 9.90. The van der Waals surface area contributed by atoms with Gasteiger partial charge in [-0.2, -0.15) is 0 Å². The van der Waals surface area contributed by atoms with Crippen molar-refractivity contribution in [3.63, 3.8) is 0 Å². The Kier molecular flexibility index (Phi) is 5.83. The predicted octanol–water partition coefficient (Wildman–Crippen LogP) is 3.42. The molecule has 4 fully saturated rings. The highest BCUT2D eigenvalue weighted by molar-refractivity contribution is 6.06. The van der Waals surface area contributed by atoms with Gasteiger partial charge in [-0.1, -0.05) is 25.0 Å². The minimum Gasteiger partial charge on any atom is -0.326 e. The molecule has 2 saturated carbocycles. The number of nitrogens with one attached hydrogen (secondary N) is 1. The first-order valence-electron chi connectivity index (χ1n) is 12.1. The number of hydrogen-bond donors (Lipinski definition) is 1. The summed E-state index contributed by atoms with van der Waals surface area (Å²) in [6.07, 6.45) is 8.49. The molecule has 1 aromatic rings. The van der Waals surface area contributed by atoms with Gasteiger partial charge in [0.05, 0.1) is 11.8 Å². The van der Waals surface area contributed by atoms with E-state index in [2.05, 4.69) is 16.3 Å². The number of rotatable bonds is 6. The van der Waals surface area contributed by atoms with Crippen LogP contribution in [0, 0.1) is 23.7 Å². The molecular weight excluding hydrogens is 390 g/mol. The van der Waals surface area contributed by atoms with Crippen LogP contribution in [0.3, 0.4) is 0 Å². The maximum absolute atomic E-state index is 12.8. The summed E-state index contributed by atoms with van der Waals surface area (Å²) < 4.78 is 0.